The van der Waals surface area contributed by atoms with Crippen molar-refractivity contribution < 1.29 is 8.42 Å². The van der Waals surface area contributed by atoms with Crippen LogP contribution in [0.15, 0.2) is 12.2 Å². The number of sulfonamides is 1. The van der Waals surface area contributed by atoms with Gasteiger partial charge in [-0.1, -0.05) is 19.1 Å². The molecule has 0 saturated carbocycles. The van der Waals surface area contributed by atoms with Crippen molar-refractivity contribution in [1.82, 2.24) is 9.62 Å². The Bertz CT molecular complexity index is 352. The van der Waals surface area contributed by atoms with Crippen molar-refractivity contribution in [2.45, 2.75) is 32.6 Å². The molecule has 1 aliphatic rings. The van der Waals surface area contributed by atoms with Crippen molar-refractivity contribution in [3.8, 4) is 0 Å². The molecule has 0 aromatic carbocycles. The highest BCUT2D eigenvalue weighted by molar-refractivity contribution is 7.88. The molecule has 1 unspecified atom stereocenters. The van der Waals surface area contributed by atoms with Crippen LogP contribution >= 0.6 is 0 Å². The highest BCUT2D eigenvalue weighted by atomic mass is 32.2. The van der Waals surface area contributed by atoms with Crippen LogP contribution in [0.2, 0.25) is 0 Å². The number of hydrogen-bond donors (Lipinski definition) is 1. The van der Waals surface area contributed by atoms with E-state index >= 15 is 0 Å². The number of allylic oxidation sites excluding steroid dienone is 1. The molecule has 106 valence electrons. The number of nitrogens with one attached hydrogen (secondary N) is 1. The average Bonchev–Trinajstić information content (AvgIpc) is 2.33. The smallest absolute Gasteiger partial charge is 0.211 e. The van der Waals surface area contributed by atoms with Crippen molar-refractivity contribution >= 4 is 10.0 Å². The summed E-state index contributed by atoms with van der Waals surface area (Å²) in [6, 6.07) is 0. The second-order valence-corrected chi connectivity index (χ2v) is 6.96. The van der Waals surface area contributed by atoms with Gasteiger partial charge < -0.3 is 5.32 Å². The van der Waals surface area contributed by atoms with E-state index in [4.69, 9.17) is 0 Å². The molecule has 0 spiro atoms. The third-order valence-corrected chi connectivity index (χ3v) is 4.59. The molecule has 0 aromatic heterocycles. The first-order valence-electron chi connectivity index (χ1n) is 6.85. The minimum Gasteiger partial charge on any atom is -0.317 e. The zero-order valence-corrected chi connectivity index (χ0v) is 12.4. The molecule has 18 heavy (non-hydrogen) atoms. The van der Waals surface area contributed by atoms with E-state index in [1.165, 1.54) is 6.26 Å². The number of nitrogens with zero attached hydrogens (tertiary/aromatic N) is 1. The molecule has 0 aliphatic carbocycles. The number of hydrogen-bond acceptors (Lipinski definition) is 3. The third-order valence-electron chi connectivity index (χ3n) is 3.32. The lowest BCUT2D eigenvalue weighted by atomic mass is 9.96. The molecule has 0 radical (unpaired) electrons. The molecule has 1 atom stereocenters. The maximum atomic E-state index is 11.5. The van der Waals surface area contributed by atoms with Crippen molar-refractivity contribution in [1.29, 1.82) is 0 Å². The largest absolute Gasteiger partial charge is 0.317 e. The maximum Gasteiger partial charge on any atom is 0.211 e. The van der Waals surface area contributed by atoms with Crippen LogP contribution in [-0.2, 0) is 10.0 Å². The lowest BCUT2D eigenvalue weighted by molar-refractivity contribution is 0.269. The van der Waals surface area contributed by atoms with Crippen molar-refractivity contribution in [2.75, 3.05) is 32.4 Å². The summed E-state index contributed by atoms with van der Waals surface area (Å²) in [6.07, 6.45) is 9.89. The van der Waals surface area contributed by atoms with E-state index in [0.29, 0.717) is 19.0 Å². The van der Waals surface area contributed by atoms with Gasteiger partial charge in [-0.25, -0.2) is 12.7 Å². The van der Waals surface area contributed by atoms with Gasteiger partial charge in [-0.3, -0.25) is 0 Å². The van der Waals surface area contributed by atoms with Crippen LogP contribution in [0.5, 0.6) is 0 Å². The molecule has 1 saturated heterocycles. The number of rotatable bonds is 7. The fourth-order valence-electron chi connectivity index (χ4n) is 2.29. The van der Waals surface area contributed by atoms with Crippen LogP contribution in [0.25, 0.3) is 0 Å². The molecule has 0 aromatic rings. The Morgan fingerprint density at radius 1 is 1.39 bits per heavy atom. The van der Waals surface area contributed by atoms with Gasteiger partial charge in [0.15, 0.2) is 0 Å². The first-order valence-corrected chi connectivity index (χ1v) is 8.69. The maximum absolute atomic E-state index is 11.5. The van der Waals surface area contributed by atoms with Gasteiger partial charge >= 0.3 is 0 Å². The highest BCUT2D eigenvalue weighted by Crippen LogP contribution is 2.21. The van der Waals surface area contributed by atoms with E-state index < -0.39 is 10.0 Å². The van der Waals surface area contributed by atoms with Gasteiger partial charge in [0.1, 0.15) is 0 Å². The fraction of sp³-hybridized carbons (Fsp3) is 0.846. The summed E-state index contributed by atoms with van der Waals surface area (Å²) < 4.78 is 24.6. The molecule has 1 rings (SSSR count). The summed E-state index contributed by atoms with van der Waals surface area (Å²) in [5.41, 5.74) is 0. The number of piperidine rings is 1. The summed E-state index contributed by atoms with van der Waals surface area (Å²) in [7, 11) is -3.00. The zero-order chi connectivity index (χ0) is 13.4. The Morgan fingerprint density at radius 3 is 2.83 bits per heavy atom. The summed E-state index contributed by atoms with van der Waals surface area (Å²) in [4.78, 5) is 0. The van der Waals surface area contributed by atoms with Gasteiger partial charge in [0.05, 0.1) is 6.26 Å². The van der Waals surface area contributed by atoms with Gasteiger partial charge in [-0.15, -0.1) is 0 Å². The molecule has 1 heterocycles. The quantitative estimate of drug-likeness (QED) is 0.567. The van der Waals surface area contributed by atoms with Crippen molar-refractivity contribution in [3.63, 3.8) is 0 Å². The van der Waals surface area contributed by atoms with E-state index in [1.54, 1.807) is 4.31 Å². The Hall–Kier alpha value is -0.390. The monoisotopic (exact) mass is 274 g/mol. The summed E-state index contributed by atoms with van der Waals surface area (Å²) >= 11 is 0. The first kappa shape index (κ1) is 15.7. The molecule has 5 heteroatoms. The summed E-state index contributed by atoms with van der Waals surface area (Å²) in [5, 5.41) is 3.27. The van der Waals surface area contributed by atoms with E-state index in [1.807, 2.05) is 0 Å². The zero-order valence-electron chi connectivity index (χ0n) is 11.6. The summed E-state index contributed by atoms with van der Waals surface area (Å²) in [5.74, 6) is 0.490. The summed E-state index contributed by atoms with van der Waals surface area (Å²) in [6.45, 7) is 5.52. The second kappa shape index (κ2) is 7.92. The van der Waals surface area contributed by atoms with Crippen molar-refractivity contribution in [3.05, 3.63) is 12.2 Å². The Labute approximate surface area is 111 Å². The Balaban J connectivity index is 2.26. The molecular formula is C13H26N2O2S. The average molecular weight is 274 g/mol. The lowest BCUT2D eigenvalue weighted by Crippen LogP contribution is -2.39. The molecule has 1 N–H and O–H groups in total. The molecule has 1 aliphatic heterocycles. The van der Waals surface area contributed by atoms with E-state index in [0.717, 1.165) is 38.8 Å². The van der Waals surface area contributed by atoms with Crippen LogP contribution in [0.3, 0.4) is 0 Å². The Kier molecular flexibility index (Phi) is 6.89. The SMILES string of the molecule is CCNCCC=CCC1CCCN(S(C)(=O)=O)C1. The third kappa shape index (κ3) is 5.98. The highest BCUT2D eigenvalue weighted by Gasteiger charge is 2.24. The predicted octanol–water partition coefficient (Wildman–Crippen LogP) is 1.60. The van der Waals surface area contributed by atoms with Gasteiger partial charge in [-0.2, -0.15) is 0 Å². The van der Waals surface area contributed by atoms with Crippen LogP contribution in [-0.4, -0.2) is 45.2 Å². The lowest BCUT2D eigenvalue weighted by Gasteiger charge is -2.30. The van der Waals surface area contributed by atoms with E-state index in [2.05, 4.69) is 24.4 Å². The van der Waals surface area contributed by atoms with Crippen molar-refractivity contribution in [2.24, 2.45) is 5.92 Å². The molecular weight excluding hydrogens is 248 g/mol. The van der Waals surface area contributed by atoms with Gasteiger partial charge in [0.25, 0.3) is 0 Å². The van der Waals surface area contributed by atoms with E-state index in [-0.39, 0.29) is 0 Å². The molecule has 0 bridgehead atoms. The predicted molar refractivity (Wildman–Crippen MR) is 76.1 cm³/mol. The second-order valence-electron chi connectivity index (χ2n) is 4.98. The minimum absolute atomic E-state index is 0.490. The normalized spacial score (nSPS) is 22.7. The molecule has 1 fully saturated rings. The first-order chi connectivity index (χ1) is 8.54. The van der Waals surface area contributed by atoms with Gasteiger partial charge in [-0.05, 0) is 44.7 Å². The van der Waals surface area contributed by atoms with Crippen LogP contribution in [0.4, 0.5) is 0 Å². The minimum atomic E-state index is -3.00. The molecule has 0 amide bonds. The Morgan fingerprint density at radius 2 is 2.17 bits per heavy atom. The fourth-order valence-corrected chi connectivity index (χ4v) is 3.23. The standard InChI is InChI=1S/C13H26N2O2S/c1-3-14-10-6-4-5-8-13-9-7-11-15(12-13)18(2,16)17/h4-5,13-14H,3,6-12H2,1-2H3. The van der Waals surface area contributed by atoms with Crippen LogP contribution in [0.1, 0.15) is 32.6 Å². The topological polar surface area (TPSA) is 49.4 Å². The van der Waals surface area contributed by atoms with Crippen LogP contribution in [0, 0.1) is 5.92 Å². The molecule has 4 nitrogen and oxygen atoms in total. The van der Waals surface area contributed by atoms with Gasteiger partial charge in [0.2, 0.25) is 10.0 Å². The van der Waals surface area contributed by atoms with Gasteiger partial charge in [0, 0.05) is 13.1 Å². The van der Waals surface area contributed by atoms with E-state index in [9.17, 15) is 8.42 Å². The van der Waals surface area contributed by atoms with Crippen LogP contribution < -0.4 is 5.32 Å².